The number of amides is 1. The Labute approximate surface area is 129 Å². The molecule has 2 aromatic heterocycles. The highest BCUT2D eigenvalue weighted by molar-refractivity contribution is 5.78. The lowest BCUT2D eigenvalue weighted by Crippen LogP contribution is -2.37. The molecule has 0 saturated carbocycles. The van der Waals surface area contributed by atoms with Gasteiger partial charge in [0.1, 0.15) is 0 Å². The highest BCUT2D eigenvalue weighted by Crippen LogP contribution is 2.25. The van der Waals surface area contributed by atoms with Crippen LogP contribution in [0, 0.1) is 0 Å². The van der Waals surface area contributed by atoms with Gasteiger partial charge in [0.05, 0.1) is 24.7 Å². The molecule has 118 valence electrons. The summed E-state index contributed by atoms with van der Waals surface area (Å²) in [5.41, 5.74) is 0.926. The largest absolute Gasteiger partial charge is 0.338 e. The summed E-state index contributed by atoms with van der Waals surface area (Å²) in [6, 6.07) is 2.25. The summed E-state index contributed by atoms with van der Waals surface area (Å²) >= 11 is 0. The van der Waals surface area contributed by atoms with Crippen LogP contribution in [0.1, 0.15) is 11.7 Å². The Bertz CT molecular complexity index is 633. The summed E-state index contributed by atoms with van der Waals surface area (Å²) in [5, 5.41) is 12.1. The molecule has 1 aliphatic rings. The molecule has 0 bridgehead atoms. The Morgan fingerprint density at radius 2 is 2.18 bits per heavy atom. The molecular weight excluding hydrogens is 282 g/mol. The van der Waals surface area contributed by atoms with Crippen LogP contribution in [0.3, 0.4) is 0 Å². The van der Waals surface area contributed by atoms with E-state index in [0.29, 0.717) is 19.5 Å². The molecule has 0 spiro atoms. The Balaban J connectivity index is 1.73. The maximum Gasteiger partial charge on any atom is 0.228 e. The van der Waals surface area contributed by atoms with E-state index in [4.69, 9.17) is 0 Å². The number of carbonyl (C=O) groups is 1. The van der Waals surface area contributed by atoms with Gasteiger partial charge in [0, 0.05) is 38.2 Å². The van der Waals surface area contributed by atoms with E-state index in [9.17, 15) is 4.79 Å². The summed E-state index contributed by atoms with van der Waals surface area (Å²) in [5.74, 6) is 0.123. The lowest BCUT2D eigenvalue weighted by Gasteiger charge is -2.24. The number of aryl methyl sites for hydroxylation is 1. The number of carbonyl (C=O) groups excluding carboxylic acids is 1. The van der Waals surface area contributed by atoms with Gasteiger partial charge >= 0.3 is 0 Å². The van der Waals surface area contributed by atoms with Gasteiger partial charge in [0.25, 0.3) is 0 Å². The van der Waals surface area contributed by atoms with E-state index in [-0.39, 0.29) is 18.0 Å². The molecule has 2 aromatic rings. The molecule has 0 aliphatic carbocycles. The van der Waals surface area contributed by atoms with Crippen LogP contribution in [0.25, 0.3) is 0 Å². The molecule has 0 aromatic carbocycles. The average Bonchev–Trinajstić information content (AvgIpc) is 3.18. The molecule has 1 fully saturated rings. The summed E-state index contributed by atoms with van der Waals surface area (Å²) in [4.78, 5) is 16.6. The molecule has 3 heterocycles. The standard InChI is InChI=1S/C14H21N7O/c1-18(2)12-9-20(10-13(12)21-7-6-15-17-21)14(22)8-11-4-5-16-19(11)3/h4-7,12-13H,8-10H2,1-3H3/t12-,13+/m1/s1. The highest BCUT2D eigenvalue weighted by Gasteiger charge is 2.38. The van der Waals surface area contributed by atoms with Gasteiger partial charge in [-0.15, -0.1) is 5.10 Å². The molecule has 0 N–H and O–H groups in total. The van der Waals surface area contributed by atoms with Crippen LogP contribution in [0.2, 0.25) is 0 Å². The van der Waals surface area contributed by atoms with Crippen LogP contribution < -0.4 is 0 Å². The predicted octanol–water partition coefficient (Wildman–Crippen LogP) is -0.432. The van der Waals surface area contributed by atoms with Gasteiger partial charge in [-0.05, 0) is 20.2 Å². The fourth-order valence-electron chi connectivity index (χ4n) is 2.98. The van der Waals surface area contributed by atoms with Crippen molar-refractivity contribution in [3.63, 3.8) is 0 Å². The van der Waals surface area contributed by atoms with Crippen molar-refractivity contribution >= 4 is 5.91 Å². The van der Waals surface area contributed by atoms with Crippen molar-refractivity contribution in [3.05, 3.63) is 30.4 Å². The lowest BCUT2D eigenvalue weighted by molar-refractivity contribution is -0.129. The molecule has 2 atom stereocenters. The minimum atomic E-state index is 0.123. The smallest absolute Gasteiger partial charge is 0.228 e. The number of rotatable bonds is 4. The Morgan fingerprint density at radius 3 is 2.77 bits per heavy atom. The fraction of sp³-hybridized carbons (Fsp3) is 0.571. The topological polar surface area (TPSA) is 72.1 Å². The number of hydrogen-bond donors (Lipinski definition) is 0. The van der Waals surface area contributed by atoms with Gasteiger partial charge in [-0.25, -0.2) is 4.68 Å². The first kappa shape index (κ1) is 14.7. The van der Waals surface area contributed by atoms with E-state index in [2.05, 4.69) is 20.3 Å². The molecule has 22 heavy (non-hydrogen) atoms. The SMILES string of the molecule is CN(C)[C@@H]1CN(C(=O)Cc2ccnn2C)C[C@@H]1n1ccnn1. The zero-order chi connectivity index (χ0) is 15.7. The lowest BCUT2D eigenvalue weighted by atomic mass is 10.1. The first-order chi connectivity index (χ1) is 10.6. The number of aromatic nitrogens is 5. The normalized spacial score (nSPS) is 21.7. The minimum absolute atomic E-state index is 0.123. The van der Waals surface area contributed by atoms with Crippen LogP contribution in [0.5, 0.6) is 0 Å². The number of hydrogen-bond acceptors (Lipinski definition) is 5. The second-order valence-electron chi connectivity index (χ2n) is 5.90. The summed E-state index contributed by atoms with van der Waals surface area (Å²) in [6.07, 6.45) is 5.62. The van der Waals surface area contributed by atoms with E-state index in [1.807, 2.05) is 43.0 Å². The highest BCUT2D eigenvalue weighted by atomic mass is 16.2. The van der Waals surface area contributed by atoms with Crippen LogP contribution in [0.4, 0.5) is 0 Å². The third-order valence-electron chi connectivity index (χ3n) is 4.31. The summed E-state index contributed by atoms with van der Waals surface area (Å²) in [7, 11) is 5.92. The monoisotopic (exact) mass is 303 g/mol. The van der Waals surface area contributed by atoms with Gasteiger partial charge in [-0.3, -0.25) is 9.48 Å². The van der Waals surface area contributed by atoms with Crippen LogP contribution in [0.15, 0.2) is 24.7 Å². The summed E-state index contributed by atoms with van der Waals surface area (Å²) in [6.45, 7) is 1.36. The third-order valence-corrected chi connectivity index (χ3v) is 4.31. The minimum Gasteiger partial charge on any atom is -0.338 e. The maximum absolute atomic E-state index is 12.6. The van der Waals surface area contributed by atoms with Crippen molar-refractivity contribution in [2.24, 2.45) is 7.05 Å². The van der Waals surface area contributed by atoms with Gasteiger partial charge in [-0.1, -0.05) is 5.21 Å². The van der Waals surface area contributed by atoms with Crippen LogP contribution >= 0.6 is 0 Å². The van der Waals surface area contributed by atoms with Gasteiger partial charge in [0.2, 0.25) is 5.91 Å². The molecule has 8 nitrogen and oxygen atoms in total. The fourth-order valence-corrected chi connectivity index (χ4v) is 2.98. The van der Waals surface area contributed by atoms with Gasteiger partial charge in [-0.2, -0.15) is 5.10 Å². The molecule has 8 heteroatoms. The number of likely N-dealkylation sites (N-methyl/N-ethyl adjacent to an activating group) is 1. The molecule has 3 rings (SSSR count). The van der Waals surface area contributed by atoms with Crippen molar-refractivity contribution in [2.45, 2.75) is 18.5 Å². The van der Waals surface area contributed by atoms with Gasteiger partial charge < -0.3 is 9.80 Å². The van der Waals surface area contributed by atoms with E-state index in [0.717, 1.165) is 5.69 Å². The van der Waals surface area contributed by atoms with Crippen LogP contribution in [-0.2, 0) is 18.3 Å². The van der Waals surface area contributed by atoms with Crippen LogP contribution in [-0.4, -0.2) is 73.7 Å². The average molecular weight is 303 g/mol. The zero-order valence-electron chi connectivity index (χ0n) is 13.1. The summed E-state index contributed by atoms with van der Waals surface area (Å²) < 4.78 is 3.59. The predicted molar refractivity (Wildman–Crippen MR) is 80.0 cm³/mol. The van der Waals surface area contributed by atoms with Crippen molar-refractivity contribution in [2.75, 3.05) is 27.2 Å². The molecular formula is C14H21N7O. The quantitative estimate of drug-likeness (QED) is 0.766. The van der Waals surface area contributed by atoms with Crippen molar-refractivity contribution < 1.29 is 4.79 Å². The van der Waals surface area contributed by atoms with E-state index in [1.165, 1.54) is 0 Å². The molecule has 0 radical (unpaired) electrons. The van der Waals surface area contributed by atoms with Crippen molar-refractivity contribution in [1.82, 2.24) is 34.6 Å². The second kappa shape index (κ2) is 5.88. The van der Waals surface area contributed by atoms with E-state index >= 15 is 0 Å². The van der Waals surface area contributed by atoms with Crippen molar-refractivity contribution in [3.8, 4) is 0 Å². The molecule has 0 unspecified atom stereocenters. The van der Waals surface area contributed by atoms with Crippen molar-refractivity contribution in [1.29, 1.82) is 0 Å². The number of likely N-dealkylation sites (tertiary alicyclic amines) is 1. The van der Waals surface area contributed by atoms with E-state index < -0.39 is 0 Å². The maximum atomic E-state index is 12.6. The molecule has 1 amide bonds. The number of nitrogens with zero attached hydrogens (tertiary/aromatic N) is 7. The zero-order valence-corrected chi connectivity index (χ0v) is 13.1. The molecule has 1 aliphatic heterocycles. The Hall–Kier alpha value is -2.22. The third kappa shape index (κ3) is 2.74. The van der Waals surface area contributed by atoms with E-state index in [1.54, 1.807) is 17.1 Å². The first-order valence-electron chi connectivity index (χ1n) is 7.33. The van der Waals surface area contributed by atoms with Gasteiger partial charge in [0.15, 0.2) is 0 Å². The second-order valence-corrected chi connectivity index (χ2v) is 5.90. The first-order valence-corrected chi connectivity index (χ1v) is 7.33. The Morgan fingerprint density at radius 1 is 1.36 bits per heavy atom. The Kier molecular flexibility index (Phi) is 3.93. The molecule has 1 saturated heterocycles.